The predicted octanol–water partition coefficient (Wildman–Crippen LogP) is 4.75. The maximum absolute atomic E-state index is 2.37. The van der Waals surface area contributed by atoms with Crippen molar-refractivity contribution < 1.29 is 0 Å². The molecule has 0 unspecified atom stereocenters. The molecule has 0 nitrogen and oxygen atoms in total. The van der Waals surface area contributed by atoms with Crippen LogP contribution in [0.25, 0.3) is 11.1 Å². The maximum Gasteiger partial charge on any atom is -0.0149 e. The van der Waals surface area contributed by atoms with Crippen molar-refractivity contribution in [3.05, 3.63) is 47.0 Å². The van der Waals surface area contributed by atoms with Crippen LogP contribution in [0.4, 0.5) is 0 Å². The Balaban J connectivity index is 2.46. The smallest absolute Gasteiger partial charge is 0.0149 e. The van der Waals surface area contributed by atoms with Crippen molar-refractivity contribution in [3.63, 3.8) is 0 Å². The summed E-state index contributed by atoms with van der Waals surface area (Å²) in [5.74, 6) is 0. The molecule has 0 aromatic heterocycles. The third kappa shape index (κ3) is 2.11. The lowest BCUT2D eigenvalue weighted by Gasteiger charge is -2.00. The van der Waals surface area contributed by atoms with Crippen molar-refractivity contribution in [2.24, 2.45) is 0 Å². The number of fused-ring (bicyclic) bond motifs is 1. The molecular formula is C16H20. The van der Waals surface area contributed by atoms with Gasteiger partial charge in [0, 0.05) is 0 Å². The highest BCUT2D eigenvalue weighted by Gasteiger charge is 2.08. The predicted molar refractivity (Wildman–Crippen MR) is 71.2 cm³/mol. The topological polar surface area (TPSA) is 0 Å². The van der Waals surface area contributed by atoms with Crippen LogP contribution in [0.2, 0.25) is 0 Å². The first-order chi connectivity index (χ1) is 7.72. The molecule has 0 spiro atoms. The highest BCUT2D eigenvalue weighted by atomic mass is 14.1. The van der Waals surface area contributed by atoms with E-state index in [4.69, 9.17) is 0 Å². The van der Waals surface area contributed by atoms with E-state index in [0.29, 0.717) is 0 Å². The Morgan fingerprint density at radius 3 is 2.31 bits per heavy atom. The Hall–Kier alpha value is -1.30. The Morgan fingerprint density at radius 1 is 0.875 bits per heavy atom. The van der Waals surface area contributed by atoms with Gasteiger partial charge in [0.1, 0.15) is 0 Å². The Labute approximate surface area is 98.7 Å². The van der Waals surface area contributed by atoms with Crippen LogP contribution >= 0.6 is 0 Å². The molecule has 0 fully saturated rings. The monoisotopic (exact) mass is 212 g/mol. The molecule has 0 N–H and O–H groups in total. The van der Waals surface area contributed by atoms with Crippen molar-refractivity contribution in [1.82, 2.24) is 0 Å². The lowest BCUT2D eigenvalue weighted by molar-refractivity contribution is 0.796. The molecule has 0 amide bonds. The maximum atomic E-state index is 2.37. The van der Waals surface area contributed by atoms with Crippen molar-refractivity contribution in [2.75, 3.05) is 0 Å². The van der Waals surface area contributed by atoms with Crippen LogP contribution in [-0.4, -0.2) is 0 Å². The molecule has 0 bridgehead atoms. The molecule has 0 radical (unpaired) electrons. The van der Waals surface area contributed by atoms with E-state index in [0.717, 1.165) is 0 Å². The van der Waals surface area contributed by atoms with Crippen molar-refractivity contribution in [1.29, 1.82) is 0 Å². The molecule has 0 heteroatoms. The van der Waals surface area contributed by atoms with E-state index in [9.17, 15) is 0 Å². The summed E-state index contributed by atoms with van der Waals surface area (Å²) in [6, 6.07) is 11.4. The van der Waals surface area contributed by atoms with Gasteiger partial charge in [-0.1, -0.05) is 43.7 Å². The van der Waals surface area contributed by atoms with Gasteiger partial charge < -0.3 is 0 Å². The van der Waals surface area contributed by atoms with E-state index in [1.807, 2.05) is 0 Å². The minimum absolute atomic E-state index is 1.20. The average Bonchev–Trinajstić information content (AvgIpc) is 2.55. The van der Waals surface area contributed by atoms with Crippen molar-refractivity contribution in [3.8, 4) is 11.1 Å². The van der Waals surface area contributed by atoms with Crippen molar-refractivity contribution in [2.45, 2.75) is 40.0 Å². The van der Waals surface area contributed by atoms with Gasteiger partial charge in [-0.3, -0.25) is 0 Å². The summed E-state index contributed by atoms with van der Waals surface area (Å²) >= 11 is 0. The molecule has 0 aliphatic heterocycles. The van der Waals surface area contributed by atoms with Gasteiger partial charge in [-0.15, -0.1) is 0 Å². The lowest BCUT2D eigenvalue weighted by atomic mass is 10.0. The molecule has 0 aromatic carbocycles. The van der Waals surface area contributed by atoms with Gasteiger partial charge in [0.05, 0.1) is 0 Å². The first kappa shape index (κ1) is 11.2. The van der Waals surface area contributed by atoms with Gasteiger partial charge >= 0.3 is 0 Å². The third-order valence-electron chi connectivity index (χ3n) is 3.34. The molecule has 0 saturated heterocycles. The summed E-state index contributed by atoms with van der Waals surface area (Å²) < 4.78 is 0. The lowest BCUT2D eigenvalue weighted by Crippen LogP contribution is -1.82. The molecule has 0 saturated carbocycles. The Bertz CT molecular complexity index is 454. The largest absolute Gasteiger partial charge is 0.0654 e. The second kappa shape index (κ2) is 4.69. The normalized spacial score (nSPS) is 10.9. The molecule has 84 valence electrons. The van der Waals surface area contributed by atoms with Crippen LogP contribution in [0.15, 0.2) is 30.3 Å². The standard InChI is InChI=1S/C16H20/c1-4-5-6-14-9-7-12(2)15-10-8-13(3)16(15)11-14/h7-11H,4-6H2,1-3H3. The van der Waals surface area contributed by atoms with E-state index in [1.165, 1.54) is 47.1 Å². The fourth-order valence-corrected chi connectivity index (χ4v) is 2.23. The zero-order valence-corrected chi connectivity index (χ0v) is 10.5. The van der Waals surface area contributed by atoms with Crippen molar-refractivity contribution >= 4 is 0 Å². The van der Waals surface area contributed by atoms with Gasteiger partial charge in [-0.25, -0.2) is 0 Å². The van der Waals surface area contributed by atoms with Crippen LogP contribution < -0.4 is 0 Å². The summed E-state index contributed by atoms with van der Waals surface area (Å²) in [7, 11) is 0. The van der Waals surface area contributed by atoms with E-state index in [1.54, 1.807) is 0 Å². The van der Waals surface area contributed by atoms with Gasteiger partial charge in [0.15, 0.2) is 0 Å². The first-order valence-electron chi connectivity index (χ1n) is 6.21. The molecular weight excluding hydrogens is 192 g/mol. The summed E-state index contributed by atoms with van der Waals surface area (Å²) in [6.07, 6.45) is 3.75. The summed E-state index contributed by atoms with van der Waals surface area (Å²) in [5.41, 5.74) is 7.07. The van der Waals surface area contributed by atoms with Crippen LogP contribution in [0.1, 0.15) is 36.5 Å². The van der Waals surface area contributed by atoms with Gasteiger partial charge in [-0.05, 0) is 54.5 Å². The summed E-state index contributed by atoms with van der Waals surface area (Å²) in [4.78, 5) is 0. The molecule has 0 aromatic rings. The fourth-order valence-electron chi connectivity index (χ4n) is 2.23. The van der Waals surface area contributed by atoms with Crippen LogP contribution in [0.5, 0.6) is 0 Å². The zero-order valence-electron chi connectivity index (χ0n) is 10.5. The zero-order chi connectivity index (χ0) is 11.5. The fraction of sp³-hybridized carbons (Fsp3) is 0.375. The second-order valence-electron chi connectivity index (χ2n) is 4.68. The Morgan fingerprint density at radius 2 is 1.56 bits per heavy atom. The Kier molecular flexibility index (Phi) is 3.28. The molecule has 2 aliphatic rings. The van der Waals surface area contributed by atoms with Gasteiger partial charge in [-0.2, -0.15) is 0 Å². The number of aryl methyl sites for hydroxylation is 3. The summed E-state index contributed by atoms with van der Waals surface area (Å²) in [6.45, 7) is 6.65. The molecule has 2 aliphatic carbocycles. The third-order valence-corrected chi connectivity index (χ3v) is 3.34. The minimum Gasteiger partial charge on any atom is -0.0654 e. The average molecular weight is 212 g/mol. The highest BCUT2D eigenvalue weighted by molar-refractivity contribution is 5.73. The van der Waals surface area contributed by atoms with E-state index >= 15 is 0 Å². The quantitative estimate of drug-likeness (QED) is 0.688. The van der Waals surface area contributed by atoms with Crippen LogP contribution in [-0.2, 0) is 6.42 Å². The SMILES string of the molecule is CCCCc1ccc(C)c2ccc(C)c-2c1. The number of hydrogen-bond donors (Lipinski definition) is 0. The number of hydrogen-bond acceptors (Lipinski definition) is 0. The first-order valence-corrected chi connectivity index (χ1v) is 6.21. The van der Waals surface area contributed by atoms with Crippen LogP contribution in [0.3, 0.4) is 0 Å². The van der Waals surface area contributed by atoms with Gasteiger partial charge in [0.2, 0.25) is 0 Å². The molecule has 16 heavy (non-hydrogen) atoms. The van der Waals surface area contributed by atoms with Gasteiger partial charge in [0.25, 0.3) is 0 Å². The number of unbranched alkanes of at least 4 members (excludes halogenated alkanes) is 1. The van der Waals surface area contributed by atoms with E-state index < -0.39 is 0 Å². The van der Waals surface area contributed by atoms with Crippen LogP contribution in [0, 0.1) is 13.8 Å². The summed E-state index contributed by atoms with van der Waals surface area (Å²) in [5, 5.41) is 0. The van der Waals surface area contributed by atoms with E-state index in [-0.39, 0.29) is 0 Å². The molecule has 2 rings (SSSR count). The molecule has 0 heterocycles. The minimum atomic E-state index is 1.20. The highest BCUT2D eigenvalue weighted by Crippen LogP contribution is 2.30. The number of rotatable bonds is 3. The second-order valence-corrected chi connectivity index (χ2v) is 4.68. The van der Waals surface area contributed by atoms with E-state index in [2.05, 4.69) is 51.1 Å². The molecule has 0 atom stereocenters.